The van der Waals surface area contributed by atoms with Crippen molar-refractivity contribution in [2.24, 2.45) is 0 Å². The summed E-state index contributed by atoms with van der Waals surface area (Å²) in [5, 5.41) is 4.81. The van der Waals surface area contributed by atoms with E-state index in [0.717, 1.165) is 5.56 Å². The lowest BCUT2D eigenvalue weighted by Gasteiger charge is -2.24. The molecule has 1 saturated heterocycles. The maximum Gasteiger partial charge on any atom is 0.410 e. The Labute approximate surface area is 141 Å². The van der Waals surface area contributed by atoms with Crippen LogP contribution in [0.25, 0.3) is 0 Å². The second-order valence-corrected chi connectivity index (χ2v) is 5.66. The van der Waals surface area contributed by atoms with Gasteiger partial charge in [-0.2, -0.15) is 0 Å². The van der Waals surface area contributed by atoms with Crippen molar-refractivity contribution in [3.8, 4) is 0 Å². The van der Waals surface area contributed by atoms with Gasteiger partial charge in [-0.3, -0.25) is 14.5 Å². The van der Waals surface area contributed by atoms with Gasteiger partial charge in [0.05, 0.1) is 0 Å². The molecular formula is C17H22N3O4. The van der Waals surface area contributed by atoms with Gasteiger partial charge in [0.25, 0.3) is 0 Å². The number of carbonyl (C=O) groups excluding carboxylic acids is 3. The van der Waals surface area contributed by atoms with Crippen LogP contribution in [-0.2, 0) is 20.9 Å². The zero-order valence-corrected chi connectivity index (χ0v) is 13.7. The molecule has 1 aromatic carbocycles. The number of nitrogens with zero attached hydrogens (tertiary/aromatic N) is 1. The molecule has 0 spiro atoms. The minimum Gasteiger partial charge on any atom is -0.445 e. The minimum atomic E-state index is -0.710. The molecule has 2 atom stereocenters. The van der Waals surface area contributed by atoms with E-state index in [2.05, 4.69) is 17.7 Å². The van der Waals surface area contributed by atoms with E-state index in [4.69, 9.17) is 4.74 Å². The highest BCUT2D eigenvalue weighted by atomic mass is 16.6. The highest BCUT2D eigenvalue weighted by Gasteiger charge is 2.36. The molecule has 1 fully saturated rings. The molecule has 0 aromatic heterocycles. The Morgan fingerprint density at radius 3 is 2.71 bits per heavy atom. The third-order valence-corrected chi connectivity index (χ3v) is 3.92. The van der Waals surface area contributed by atoms with Gasteiger partial charge in [0, 0.05) is 13.6 Å². The number of nitrogens with one attached hydrogen (secondary N) is 2. The third-order valence-electron chi connectivity index (χ3n) is 3.92. The largest absolute Gasteiger partial charge is 0.445 e. The Morgan fingerprint density at radius 1 is 1.33 bits per heavy atom. The number of carbonyl (C=O) groups is 3. The van der Waals surface area contributed by atoms with E-state index in [1.54, 1.807) is 6.92 Å². The summed E-state index contributed by atoms with van der Waals surface area (Å²) < 4.78 is 5.28. The lowest BCUT2D eigenvalue weighted by Crippen LogP contribution is -2.51. The topological polar surface area (TPSA) is 87.7 Å². The Balaban J connectivity index is 1.90. The second kappa shape index (κ2) is 8.33. The van der Waals surface area contributed by atoms with Gasteiger partial charge in [-0.05, 0) is 25.3 Å². The van der Waals surface area contributed by atoms with Crippen molar-refractivity contribution in [1.82, 2.24) is 15.5 Å². The van der Waals surface area contributed by atoms with Crippen molar-refractivity contribution in [3.05, 3.63) is 42.9 Å². The van der Waals surface area contributed by atoms with E-state index in [1.807, 2.05) is 30.3 Å². The molecule has 7 heteroatoms. The van der Waals surface area contributed by atoms with Gasteiger partial charge in [-0.1, -0.05) is 30.3 Å². The summed E-state index contributed by atoms with van der Waals surface area (Å²) in [5.41, 5.74) is 0.881. The zero-order valence-electron chi connectivity index (χ0n) is 13.7. The zero-order chi connectivity index (χ0) is 17.5. The first-order valence-corrected chi connectivity index (χ1v) is 7.87. The molecule has 7 nitrogen and oxygen atoms in total. The highest BCUT2D eigenvalue weighted by Crippen LogP contribution is 2.19. The van der Waals surface area contributed by atoms with Crippen LogP contribution < -0.4 is 10.6 Å². The molecule has 1 aliphatic rings. The number of benzene rings is 1. The minimum absolute atomic E-state index is 0.158. The molecule has 2 N–H and O–H groups in total. The summed E-state index contributed by atoms with van der Waals surface area (Å²) in [6.07, 6.45) is 0.741. The average molecular weight is 332 g/mol. The van der Waals surface area contributed by atoms with Gasteiger partial charge in [0.2, 0.25) is 11.8 Å². The lowest BCUT2D eigenvalue weighted by molar-refractivity contribution is -0.130. The highest BCUT2D eigenvalue weighted by molar-refractivity contribution is 5.91. The fourth-order valence-electron chi connectivity index (χ4n) is 2.59. The summed E-state index contributed by atoms with van der Waals surface area (Å²) in [5.74, 6) is -0.750. The van der Waals surface area contributed by atoms with Crippen LogP contribution in [0.4, 0.5) is 4.79 Å². The standard InChI is InChI=1S/C17H22N3O4/c1-12(15(21)18-2)19-16(22)14-9-6-10-20(14)17(23)24-11-13-7-4-3-5-8-13/h3-5,7-8,12,14H,2,6,9-11H2,1H3,(H,18,21)(H,19,22)/t12-,14-/m0/s1. The molecular weight excluding hydrogens is 310 g/mol. The Kier molecular flexibility index (Phi) is 6.17. The normalized spacial score (nSPS) is 17.9. The molecule has 1 heterocycles. The summed E-state index contributed by atoms with van der Waals surface area (Å²) in [6.45, 7) is 2.18. The van der Waals surface area contributed by atoms with Gasteiger partial charge >= 0.3 is 6.09 Å². The first-order valence-electron chi connectivity index (χ1n) is 7.87. The molecule has 0 saturated carbocycles. The second-order valence-electron chi connectivity index (χ2n) is 5.66. The maximum absolute atomic E-state index is 12.3. The van der Waals surface area contributed by atoms with E-state index in [-0.39, 0.29) is 18.4 Å². The van der Waals surface area contributed by atoms with Crippen molar-refractivity contribution >= 4 is 17.9 Å². The van der Waals surface area contributed by atoms with Gasteiger partial charge in [0.1, 0.15) is 18.7 Å². The Hall–Kier alpha value is -2.57. The monoisotopic (exact) mass is 332 g/mol. The summed E-state index contributed by atoms with van der Waals surface area (Å²) in [4.78, 5) is 37.4. The van der Waals surface area contributed by atoms with Crippen LogP contribution in [0, 0.1) is 7.05 Å². The third kappa shape index (κ3) is 4.47. The number of hydrogen-bond donors (Lipinski definition) is 2. The van der Waals surface area contributed by atoms with Gasteiger partial charge < -0.3 is 15.4 Å². The van der Waals surface area contributed by atoms with E-state index in [0.29, 0.717) is 19.4 Å². The van der Waals surface area contributed by atoms with Gasteiger partial charge in [0.15, 0.2) is 0 Å². The van der Waals surface area contributed by atoms with Crippen LogP contribution in [0.3, 0.4) is 0 Å². The molecule has 24 heavy (non-hydrogen) atoms. The van der Waals surface area contributed by atoms with E-state index >= 15 is 0 Å². The average Bonchev–Trinajstić information content (AvgIpc) is 3.09. The molecule has 0 aliphatic carbocycles. The smallest absolute Gasteiger partial charge is 0.410 e. The lowest BCUT2D eigenvalue weighted by atomic mass is 10.2. The molecule has 0 bridgehead atoms. The van der Waals surface area contributed by atoms with Gasteiger partial charge in [-0.25, -0.2) is 4.79 Å². The maximum atomic E-state index is 12.3. The molecule has 129 valence electrons. The van der Waals surface area contributed by atoms with Crippen LogP contribution in [-0.4, -0.2) is 41.4 Å². The van der Waals surface area contributed by atoms with E-state index in [1.165, 1.54) is 4.90 Å². The van der Waals surface area contributed by atoms with Crippen molar-refractivity contribution < 1.29 is 19.1 Å². The summed E-state index contributed by atoms with van der Waals surface area (Å²) in [7, 11) is 3.27. The molecule has 1 aromatic rings. The molecule has 1 aliphatic heterocycles. The quantitative estimate of drug-likeness (QED) is 0.848. The van der Waals surface area contributed by atoms with E-state index < -0.39 is 18.2 Å². The van der Waals surface area contributed by atoms with Crippen LogP contribution in [0.15, 0.2) is 30.3 Å². The number of rotatable bonds is 5. The fourth-order valence-corrected chi connectivity index (χ4v) is 2.59. The molecule has 3 amide bonds. The van der Waals surface area contributed by atoms with Gasteiger partial charge in [-0.15, -0.1) is 0 Å². The van der Waals surface area contributed by atoms with Crippen LogP contribution in [0.5, 0.6) is 0 Å². The van der Waals surface area contributed by atoms with Crippen molar-refractivity contribution in [2.75, 3.05) is 6.54 Å². The Bertz CT molecular complexity index is 591. The van der Waals surface area contributed by atoms with Crippen molar-refractivity contribution in [1.29, 1.82) is 0 Å². The molecule has 1 radical (unpaired) electrons. The first-order chi connectivity index (χ1) is 11.5. The van der Waals surface area contributed by atoms with Crippen LogP contribution in [0.2, 0.25) is 0 Å². The number of hydrogen-bond acceptors (Lipinski definition) is 4. The number of ether oxygens (including phenoxy) is 1. The first kappa shape index (κ1) is 17.8. The molecule has 0 unspecified atom stereocenters. The van der Waals surface area contributed by atoms with Crippen molar-refractivity contribution in [2.45, 2.75) is 38.5 Å². The molecule has 2 rings (SSSR count). The summed E-state index contributed by atoms with van der Waals surface area (Å²) in [6, 6.07) is 8.01. The number of likely N-dealkylation sites (tertiary alicyclic amines) is 1. The SMILES string of the molecule is [CH2]NC(=O)[C@H](C)NC(=O)[C@@H]1CCCN1C(=O)OCc1ccccc1. The predicted molar refractivity (Wildman–Crippen MR) is 87.5 cm³/mol. The van der Waals surface area contributed by atoms with Crippen LogP contribution >= 0.6 is 0 Å². The van der Waals surface area contributed by atoms with E-state index in [9.17, 15) is 14.4 Å². The fraction of sp³-hybridized carbons (Fsp3) is 0.412. The number of amides is 3. The summed E-state index contributed by atoms with van der Waals surface area (Å²) >= 11 is 0. The Morgan fingerprint density at radius 2 is 2.04 bits per heavy atom. The van der Waals surface area contributed by atoms with Crippen LogP contribution in [0.1, 0.15) is 25.3 Å². The van der Waals surface area contributed by atoms with Crippen molar-refractivity contribution in [3.63, 3.8) is 0 Å². The predicted octanol–water partition coefficient (Wildman–Crippen LogP) is 1.20.